The van der Waals surface area contributed by atoms with E-state index in [1.165, 1.54) is 0 Å². The van der Waals surface area contributed by atoms with E-state index in [1.54, 1.807) is 0 Å². The summed E-state index contributed by atoms with van der Waals surface area (Å²) in [5.74, 6) is 1.28. The predicted molar refractivity (Wildman–Crippen MR) is 90.9 cm³/mol. The minimum absolute atomic E-state index is 0.00457. The molecule has 2 amide bonds. The highest BCUT2D eigenvalue weighted by Gasteiger charge is 2.22. The molecule has 2 aromatic rings. The third-order valence-electron chi connectivity index (χ3n) is 4.19. The maximum Gasteiger partial charge on any atom is 0.317 e. The first kappa shape index (κ1) is 17.4. The van der Waals surface area contributed by atoms with Gasteiger partial charge in [-0.1, -0.05) is 5.16 Å². The van der Waals surface area contributed by atoms with Gasteiger partial charge < -0.3 is 14.7 Å². The molecule has 1 fully saturated rings. The fraction of sp³-hybridized carbons (Fsp3) is 0.625. The van der Waals surface area contributed by atoms with E-state index in [2.05, 4.69) is 25.5 Å². The lowest BCUT2D eigenvalue weighted by Crippen LogP contribution is -2.51. The average Bonchev–Trinajstić information content (AvgIpc) is 3.20. The van der Waals surface area contributed by atoms with E-state index < -0.39 is 0 Å². The van der Waals surface area contributed by atoms with Crippen molar-refractivity contribution in [2.45, 2.75) is 33.4 Å². The lowest BCUT2D eigenvalue weighted by Gasteiger charge is -2.33. The standard InChI is InChI=1S/C16H25N7O2/c1-13-10-18-23(11-13)5-3-4-17-16(24)22-8-6-21(7-9-22)12-15-19-14(2)20-25-15/h10-11H,3-9,12H2,1-2H3,(H,17,24). The zero-order valence-electron chi connectivity index (χ0n) is 14.8. The van der Waals surface area contributed by atoms with Gasteiger partial charge >= 0.3 is 6.03 Å². The van der Waals surface area contributed by atoms with Gasteiger partial charge in [-0.25, -0.2) is 4.79 Å². The molecule has 2 aromatic heterocycles. The largest absolute Gasteiger partial charge is 0.338 e. The quantitative estimate of drug-likeness (QED) is 0.777. The zero-order valence-corrected chi connectivity index (χ0v) is 14.8. The monoisotopic (exact) mass is 347 g/mol. The van der Waals surface area contributed by atoms with Crippen molar-refractivity contribution in [1.29, 1.82) is 0 Å². The van der Waals surface area contributed by atoms with Gasteiger partial charge in [0.05, 0.1) is 12.7 Å². The Kier molecular flexibility index (Phi) is 5.64. The fourth-order valence-corrected chi connectivity index (χ4v) is 2.84. The summed E-state index contributed by atoms with van der Waals surface area (Å²) in [5, 5.41) is 11.0. The van der Waals surface area contributed by atoms with Crippen LogP contribution in [0.4, 0.5) is 4.79 Å². The van der Waals surface area contributed by atoms with Gasteiger partial charge in [0.1, 0.15) is 0 Å². The van der Waals surface area contributed by atoms with E-state index in [4.69, 9.17) is 4.52 Å². The number of aromatic nitrogens is 4. The number of hydrogen-bond donors (Lipinski definition) is 1. The minimum atomic E-state index is 0.00457. The average molecular weight is 347 g/mol. The Balaban J connectivity index is 1.32. The Bertz CT molecular complexity index is 688. The first-order chi connectivity index (χ1) is 12.1. The van der Waals surface area contributed by atoms with Gasteiger partial charge in [-0.3, -0.25) is 9.58 Å². The molecular weight excluding hydrogens is 322 g/mol. The van der Waals surface area contributed by atoms with E-state index in [9.17, 15) is 4.79 Å². The molecule has 1 aliphatic rings. The second-order valence-electron chi connectivity index (χ2n) is 6.36. The van der Waals surface area contributed by atoms with Crippen LogP contribution in [0, 0.1) is 13.8 Å². The molecule has 1 aliphatic heterocycles. The van der Waals surface area contributed by atoms with Gasteiger partial charge in [-0.15, -0.1) is 0 Å². The molecule has 0 spiro atoms. The van der Waals surface area contributed by atoms with Crippen LogP contribution < -0.4 is 5.32 Å². The minimum Gasteiger partial charge on any atom is -0.338 e. The number of carbonyl (C=O) groups excluding carboxylic acids is 1. The SMILES string of the molecule is Cc1cnn(CCCNC(=O)N2CCN(Cc3nc(C)no3)CC2)c1. The van der Waals surface area contributed by atoms with Gasteiger partial charge in [0, 0.05) is 45.5 Å². The van der Waals surface area contributed by atoms with Gasteiger partial charge in [-0.05, 0) is 25.8 Å². The molecule has 0 aliphatic carbocycles. The lowest BCUT2D eigenvalue weighted by atomic mass is 10.3. The van der Waals surface area contributed by atoms with E-state index in [0.29, 0.717) is 37.9 Å². The van der Waals surface area contributed by atoms with Crippen molar-refractivity contribution in [3.05, 3.63) is 29.7 Å². The molecule has 0 unspecified atom stereocenters. The first-order valence-corrected chi connectivity index (χ1v) is 8.63. The molecule has 0 radical (unpaired) electrons. The molecular formula is C16H25N7O2. The molecule has 9 nitrogen and oxygen atoms in total. The maximum absolute atomic E-state index is 12.2. The molecule has 1 N–H and O–H groups in total. The van der Waals surface area contributed by atoms with E-state index in [-0.39, 0.29) is 6.03 Å². The Morgan fingerprint density at radius 2 is 2.08 bits per heavy atom. The zero-order chi connectivity index (χ0) is 17.6. The van der Waals surface area contributed by atoms with Crippen molar-refractivity contribution < 1.29 is 9.32 Å². The number of nitrogens with one attached hydrogen (secondary N) is 1. The summed E-state index contributed by atoms with van der Waals surface area (Å²) in [6.07, 6.45) is 4.71. The smallest absolute Gasteiger partial charge is 0.317 e. The normalized spacial score (nSPS) is 15.5. The van der Waals surface area contributed by atoms with Gasteiger partial charge in [0.15, 0.2) is 5.82 Å². The number of urea groups is 1. The summed E-state index contributed by atoms with van der Waals surface area (Å²) in [6, 6.07) is 0.00457. The van der Waals surface area contributed by atoms with Crippen LogP contribution in [0.15, 0.2) is 16.9 Å². The summed E-state index contributed by atoms with van der Waals surface area (Å²) in [4.78, 5) is 20.5. The highest BCUT2D eigenvalue weighted by molar-refractivity contribution is 5.74. The Labute approximate surface area is 147 Å². The van der Waals surface area contributed by atoms with Crippen LogP contribution in [0.3, 0.4) is 0 Å². The Morgan fingerprint density at radius 1 is 1.28 bits per heavy atom. The van der Waals surface area contributed by atoms with E-state index in [1.807, 2.05) is 35.8 Å². The summed E-state index contributed by atoms with van der Waals surface area (Å²) in [7, 11) is 0. The van der Waals surface area contributed by atoms with Crippen molar-refractivity contribution in [1.82, 2.24) is 35.0 Å². The van der Waals surface area contributed by atoms with Crippen LogP contribution in [0.5, 0.6) is 0 Å². The molecule has 0 bridgehead atoms. The van der Waals surface area contributed by atoms with Crippen LogP contribution >= 0.6 is 0 Å². The van der Waals surface area contributed by atoms with Crippen molar-refractivity contribution in [2.24, 2.45) is 0 Å². The summed E-state index contributed by atoms with van der Waals surface area (Å²) in [5.41, 5.74) is 1.15. The van der Waals surface area contributed by atoms with Crippen LogP contribution in [-0.2, 0) is 13.1 Å². The summed E-state index contributed by atoms with van der Waals surface area (Å²) in [6.45, 7) is 8.95. The van der Waals surface area contributed by atoms with Crippen LogP contribution in [0.2, 0.25) is 0 Å². The fourth-order valence-electron chi connectivity index (χ4n) is 2.84. The van der Waals surface area contributed by atoms with Gasteiger partial charge in [0.2, 0.25) is 5.89 Å². The molecule has 9 heteroatoms. The molecule has 3 heterocycles. The maximum atomic E-state index is 12.2. The third-order valence-corrected chi connectivity index (χ3v) is 4.19. The number of hydrogen-bond acceptors (Lipinski definition) is 6. The molecule has 0 saturated carbocycles. The molecule has 3 rings (SSSR count). The lowest BCUT2D eigenvalue weighted by molar-refractivity contribution is 0.126. The van der Waals surface area contributed by atoms with Gasteiger partial charge in [-0.2, -0.15) is 10.1 Å². The number of rotatable bonds is 6. The van der Waals surface area contributed by atoms with E-state index >= 15 is 0 Å². The highest BCUT2D eigenvalue weighted by Crippen LogP contribution is 2.07. The number of nitrogens with zero attached hydrogens (tertiary/aromatic N) is 6. The van der Waals surface area contributed by atoms with Crippen LogP contribution in [0.25, 0.3) is 0 Å². The van der Waals surface area contributed by atoms with Crippen LogP contribution in [-0.4, -0.2) is 68.5 Å². The first-order valence-electron chi connectivity index (χ1n) is 8.63. The Hall–Kier alpha value is -2.42. The van der Waals surface area contributed by atoms with Crippen molar-refractivity contribution in [3.63, 3.8) is 0 Å². The topological polar surface area (TPSA) is 92.3 Å². The van der Waals surface area contributed by atoms with E-state index in [0.717, 1.165) is 31.6 Å². The Morgan fingerprint density at radius 3 is 2.72 bits per heavy atom. The van der Waals surface area contributed by atoms with Crippen molar-refractivity contribution in [3.8, 4) is 0 Å². The molecule has 136 valence electrons. The second kappa shape index (κ2) is 8.11. The summed E-state index contributed by atoms with van der Waals surface area (Å²) >= 11 is 0. The van der Waals surface area contributed by atoms with Crippen molar-refractivity contribution >= 4 is 6.03 Å². The number of amides is 2. The molecule has 1 saturated heterocycles. The third kappa shape index (κ3) is 5.02. The second-order valence-corrected chi connectivity index (χ2v) is 6.36. The van der Waals surface area contributed by atoms with Gasteiger partial charge in [0.25, 0.3) is 0 Å². The molecule has 25 heavy (non-hydrogen) atoms. The number of aryl methyl sites for hydroxylation is 3. The number of carbonyl (C=O) groups is 1. The molecule has 0 atom stereocenters. The van der Waals surface area contributed by atoms with Crippen molar-refractivity contribution in [2.75, 3.05) is 32.7 Å². The predicted octanol–water partition coefficient (Wildman–Crippen LogP) is 0.800. The summed E-state index contributed by atoms with van der Waals surface area (Å²) < 4.78 is 7.04. The molecule has 0 aromatic carbocycles. The van der Waals surface area contributed by atoms with Crippen LogP contribution in [0.1, 0.15) is 23.7 Å². The highest BCUT2D eigenvalue weighted by atomic mass is 16.5. The number of piperazine rings is 1.